The molecule has 1 fully saturated rings. The van der Waals surface area contributed by atoms with Crippen molar-refractivity contribution < 1.29 is 28.6 Å². The third-order valence-electron chi connectivity index (χ3n) is 3.27. The Balaban J connectivity index is 2.03. The van der Waals surface area contributed by atoms with Crippen LogP contribution in [-0.2, 0) is 14.3 Å². The van der Waals surface area contributed by atoms with E-state index >= 15 is 0 Å². The Morgan fingerprint density at radius 2 is 2.05 bits per heavy atom. The van der Waals surface area contributed by atoms with Gasteiger partial charge in [-0.25, -0.2) is 4.79 Å². The molecule has 0 amide bonds. The second kappa shape index (κ2) is 5.82. The van der Waals surface area contributed by atoms with E-state index < -0.39 is 23.4 Å². The Morgan fingerprint density at radius 1 is 1.36 bits per heavy atom. The van der Waals surface area contributed by atoms with Crippen LogP contribution in [0.1, 0.15) is 39.4 Å². The van der Waals surface area contributed by atoms with Gasteiger partial charge < -0.3 is 19.0 Å². The summed E-state index contributed by atoms with van der Waals surface area (Å²) in [6.07, 6.45) is 2.18. The van der Waals surface area contributed by atoms with Gasteiger partial charge in [0.25, 0.3) is 0 Å². The lowest BCUT2D eigenvalue weighted by Gasteiger charge is -2.36. The highest BCUT2D eigenvalue weighted by Crippen LogP contribution is 2.35. The normalized spacial score (nSPS) is 20.9. The second-order valence-corrected chi connectivity index (χ2v) is 6.17. The summed E-state index contributed by atoms with van der Waals surface area (Å²) in [5, 5.41) is 16.3. The van der Waals surface area contributed by atoms with Gasteiger partial charge in [0.05, 0.1) is 12.2 Å². The van der Waals surface area contributed by atoms with E-state index in [0.29, 0.717) is 12.8 Å². The Kier molecular flexibility index (Phi) is 4.25. The van der Waals surface area contributed by atoms with Crippen LogP contribution >= 0.6 is 0 Å². The fraction of sp³-hybridized carbons (Fsp3) is 0.533. The van der Waals surface area contributed by atoms with E-state index in [9.17, 15) is 9.59 Å². The number of esters is 1. The third kappa shape index (κ3) is 3.47. The van der Waals surface area contributed by atoms with Crippen molar-refractivity contribution in [2.75, 3.05) is 0 Å². The molecule has 120 valence electrons. The molecule has 1 saturated carbocycles. The molecular weight excluding hydrogens is 290 g/mol. The molecule has 1 heterocycles. The molecule has 0 saturated heterocycles. The molecule has 1 aromatic heterocycles. The summed E-state index contributed by atoms with van der Waals surface area (Å²) >= 11 is 0. The Hall–Kier alpha value is -2.31. The van der Waals surface area contributed by atoms with Gasteiger partial charge in [-0.3, -0.25) is 10.2 Å². The van der Waals surface area contributed by atoms with Crippen LogP contribution in [-0.4, -0.2) is 34.5 Å². The van der Waals surface area contributed by atoms with Crippen molar-refractivity contribution in [1.82, 2.24) is 0 Å². The van der Waals surface area contributed by atoms with Gasteiger partial charge in [0.15, 0.2) is 11.5 Å². The molecule has 0 aromatic carbocycles. The van der Waals surface area contributed by atoms with E-state index in [-0.39, 0.29) is 23.4 Å². The zero-order chi connectivity index (χ0) is 16.5. The highest BCUT2D eigenvalue weighted by molar-refractivity contribution is 6.40. The van der Waals surface area contributed by atoms with Gasteiger partial charge in [-0.2, -0.15) is 0 Å². The van der Waals surface area contributed by atoms with Crippen LogP contribution in [0.25, 0.3) is 0 Å². The van der Waals surface area contributed by atoms with Crippen molar-refractivity contribution in [3.63, 3.8) is 0 Å². The lowest BCUT2D eigenvalue weighted by atomic mass is 9.81. The maximum Gasteiger partial charge on any atom is 0.357 e. The molecule has 0 radical (unpaired) electrons. The second-order valence-electron chi connectivity index (χ2n) is 6.17. The fourth-order valence-electron chi connectivity index (χ4n) is 2.09. The molecule has 7 heteroatoms. The molecule has 1 aliphatic rings. The first kappa shape index (κ1) is 16.1. The Morgan fingerprint density at radius 3 is 2.55 bits per heavy atom. The largest absolute Gasteiger partial charge is 0.485 e. The first-order valence-electron chi connectivity index (χ1n) is 6.98. The predicted octanol–water partition coefficient (Wildman–Crippen LogP) is 2.23. The number of aliphatic carboxylic acids is 1. The van der Waals surface area contributed by atoms with Crippen LogP contribution in [0.5, 0.6) is 5.75 Å². The van der Waals surface area contributed by atoms with Gasteiger partial charge in [0, 0.05) is 6.07 Å². The number of hydrogen-bond donors (Lipinski definition) is 2. The van der Waals surface area contributed by atoms with Gasteiger partial charge in [0.1, 0.15) is 11.7 Å². The minimum atomic E-state index is -1.41. The maximum absolute atomic E-state index is 12.0. The number of carboxylic acid groups (broad SMARTS) is 1. The summed E-state index contributed by atoms with van der Waals surface area (Å²) < 4.78 is 16.0. The fourth-order valence-corrected chi connectivity index (χ4v) is 2.09. The minimum Gasteiger partial charge on any atom is -0.485 e. The Bertz CT molecular complexity index is 597. The van der Waals surface area contributed by atoms with Crippen LogP contribution < -0.4 is 4.74 Å². The summed E-state index contributed by atoms with van der Waals surface area (Å²) in [6, 6.07) is 1.44. The number of ether oxygens (including phenoxy) is 2. The molecule has 7 nitrogen and oxygen atoms in total. The molecular formula is C15H19NO6. The van der Waals surface area contributed by atoms with Crippen LogP contribution in [0.4, 0.5) is 0 Å². The van der Waals surface area contributed by atoms with E-state index in [1.54, 1.807) is 20.8 Å². The van der Waals surface area contributed by atoms with Crippen molar-refractivity contribution in [3.05, 3.63) is 18.1 Å². The van der Waals surface area contributed by atoms with Crippen molar-refractivity contribution in [2.45, 2.75) is 45.3 Å². The van der Waals surface area contributed by atoms with Gasteiger partial charge >= 0.3 is 11.9 Å². The van der Waals surface area contributed by atoms with E-state index in [2.05, 4.69) is 0 Å². The lowest BCUT2D eigenvalue weighted by Crippen LogP contribution is -2.44. The first-order valence-corrected chi connectivity index (χ1v) is 6.98. The van der Waals surface area contributed by atoms with Crippen molar-refractivity contribution in [2.24, 2.45) is 5.92 Å². The monoisotopic (exact) mass is 309 g/mol. The summed E-state index contributed by atoms with van der Waals surface area (Å²) in [4.78, 5) is 22.9. The number of nitrogens with one attached hydrogen (secondary N) is 1. The number of furan rings is 1. The lowest BCUT2D eigenvalue weighted by molar-refractivity contribution is -0.168. The number of carboxylic acids is 1. The highest BCUT2D eigenvalue weighted by Gasteiger charge is 2.41. The summed E-state index contributed by atoms with van der Waals surface area (Å²) in [5.74, 6) is -2.12. The molecule has 0 spiro atoms. The van der Waals surface area contributed by atoms with E-state index in [4.69, 9.17) is 24.4 Å². The molecule has 22 heavy (non-hydrogen) atoms. The maximum atomic E-state index is 12.0. The van der Waals surface area contributed by atoms with Crippen molar-refractivity contribution in [1.29, 1.82) is 5.41 Å². The molecule has 1 aromatic rings. The zero-order valence-electron chi connectivity index (χ0n) is 12.7. The van der Waals surface area contributed by atoms with Gasteiger partial charge in [-0.1, -0.05) is 0 Å². The summed E-state index contributed by atoms with van der Waals surface area (Å²) in [7, 11) is 0. The molecule has 0 aliphatic heterocycles. The van der Waals surface area contributed by atoms with Crippen molar-refractivity contribution >= 4 is 17.7 Å². The average Bonchev–Trinajstić information content (AvgIpc) is 2.78. The summed E-state index contributed by atoms with van der Waals surface area (Å²) in [5.41, 5.74) is -1.25. The number of carbonyl (C=O) groups is 2. The molecule has 0 bridgehead atoms. The van der Waals surface area contributed by atoms with Crippen LogP contribution in [0.15, 0.2) is 16.7 Å². The predicted molar refractivity (Wildman–Crippen MR) is 76.2 cm³/mol. The first-order chi connectivity index (χ1) is 10.2. The van der Waals surface area contributed by atoms with Gasteiger partial charge in [-0.05, 0) is 33.6 Å². The van der Waals surface area contributed by atoms with E-state index in [1.165, 1.54) is 12.3 Å². The van der Waals surface area contributed by atoms with Crippen LogP contribution in [0.3, 0.4) is 0 Å². The quantitative estimate of drug-likeness (QED) is 0.637. The SMILES string of the molecule is CC(C)(C)OC(=O)C1CCC1Oc1ccoc1C(=N)C(=O)O. The molecule has 2 N–H and O–H groups in total. The molecule has 2 unspecified atom stereocenters. The van der Waals surface area contributed by atoms with Crippen LogP contribution in [0, 0.1) is 11.3 Å². The highest BCUT2D eigenvalue weighted by atomic mass is 16.6. The average molecular weight is 309 g/mol. The van der Waals surface area contributed by atoms with Crippen molar-refractivity contribution in [3.8, 4) is 5.75 Å². The van der Waals surface area contributed by atoms with Gasteiger partial charge in [-0.15, -0.1) is 0 Å². The van der Waals surface area contributed by atoms with Crippen LogP contribution in [0.2, 0.25) is 0 Å². The summed E-state index contributed by atoms with van der Waals surface area (Å²) in [6.45, 7) is 5.38. The Labute approximate surface area is 127 Å². The number of rotatable bonds is 5. The van der Waals surface area contributed by atoms with Gasteiger partial charge in [0.2, 0.25) is 5.76 Å². The molecule has 1 aliphatic carbocycles. The number of hydrogen-bond acceptors (Lipinski definition) is 6. The topological polar surface area (TPSA) is 110 Å². The van der Waals surface area contributed by atoms with E-state index in [0.717, 1.165) is 0 Å². The smallest absolute Gasteiger partial charge is 0.357 e. The molecule has 2 rings (SSSR count). The minimum absolute atomic E-state index is 0.151. The molecule has 2 atom stereocenters. The zero-order valence-corrected chi connectivity index (χ0v) is 12.7. The number of carbonyl (C=O) groups excluding carboxylic acids is 1. The standard InChI is InChI=1S/C15H19NO6/c1-15(2,3)22-14(19)8-4-5-9(8)21-10-6-7-20-12(10)11(16)13(17)18/h6-9,16H,4-5H2,1-3H3,(H,17,18). The third-order valence-corrected chi connectivity index (χ3v) is 3.27. The van der Waals surface area contributed by atoms with E-state index in [1.807, 2.05) is 0 Å².